The van der Waals surface area contributed by atoms with E-state index in [-0.39, 0.29) is 5.91 Å². The van der Waals surface area contributed by atoms with Gasteiger partial charge in [0.25, 0.3) is 5.91 Å². The summed E-state index contributed by atoms with van der Waals surface area (Å²) in [5, 5.41) is 3.30. The van der Waals surface area contributed by atoms with Crippen molar-refractivity contribution in [3.05, 3.63) is 72.2 Å². The summed E-state index contributed by atoms with van der Waals surface area (Å²) >= 11 is 0. The molecule has 0 unspecified atom stereocenters. The molecule has 0 radical (unpaired) electrons. The van der Waals surface area contributed by atoms with Gasteiger partial charge in [-0.2, -0.15) is 0 Å². The Morgan fingerprint density at radius 2 is 1.69 bits per heavy atom. The summed E-state index contributed by atoms with van der Waals surface area (Å²) < 4.78 is 0. The summed E-state index contributed by atoms with van der Waals surface area (Å²) in [6.45, 7) is 4.04. The Hall–Kier alpha value is -3.41. The molecule has 1 N–H and O–H groups in total. The monoisotopic (exact) mass is 387 g/mol. The molecular weight excluding hydrogens is 362 g/mol. The Morgan fingerprint density at radius 3 is 2.38 bits per heavy atom. The highest BCUT2D eigenvalue weighted by Crippen LogP contribution is 2.24. The zero-order valence-corrected chi connectivity index (χ0v) is 16.8. The molecule has 3 aromatic rings. The first-order valence-corrected chi connectivity index (χ1v) is 9.91. The first-order valence-electron chi connectivity index (χ1n) is 9.91. The van der Waals surface area contributed by atoms with Crippen molar-refractivity contribution in [3.63, 3.8) is 0 Å². The van der Waals surface area contributed by atoms with E-state index in [1.807, 2.05) is 42.5 Å². The van der Waals surface area contributed by atoms with Gasteiger partial charge in [-0.3, -0.25) is 4.79 Å². The molecule has 29 heavy (non-hydrogen) atoms. The van der Waals surface area contributed by atoms with Crippen molar-refractivity contribution >= 4 is 28.8 Å². The second-order valence-corrected chi connectivity index (χ2v) is 7.25. The fourth-order valence-corrected chi connectivity index (χ4v) is 3.56. The van der Waals surface area contributed by atoms with E-state index in [1.54, 1.807) is 24.9 Å². The number of aryl methyl sites for hydroxylation is 1. The van der Waals surface area contributed by atoms with Crippen LogP contribution in [0.4, 0.5) is 22.9 Å². The summed E-state index contributed by atoms with van der Waals surface area (Å²) in [5.41, 5.74) is 3.36. The summed E-state index contributed by atoms with van der Waals surface area (Å²) in [6, 6.07) is 19.6. The number of hydrogen-bond acceptors (Lipinski definition) is 5. The molecule has 0 bridgehead atoms. The van der Waals surface area contributed by atoms with Crippen LogP contribution in [0.2, 0.25) is 0 Å². The van der Waals surface area contributed by atoms with Crippen LogP contribution >= 0.6 is 0 Å². The van der Waals surface area contributed by atoms with Gasteiger partial charge < -0.3 is 15.1 Å². The van der Waals surface area contributed by atoms with Crippen LogP contribution < -0.4 is 15.1 Å². The number of hydrogen-bond donors (Lipinski definition) is 1. The molecule has 148 valence electrons. The number of para-hydroxylation sites is 1. The lowest BCUT2D eigenvalue weighted by atomic mass is 10.2. The van der Waals surface area contributed by atoms with E-state index in [0.717, 1.165) is 24.5 Å². The van der Waals surface area contributed by atoms with E-state index >= 15 is 0 Å². The van der Waals surface area contributed by atoms with Crippen LogP contribution in [0.1, 0.15) is 29.2 Å². The Balaban J connectivity index is 1.51. The zero-order chi connectivity index (χ0) is 20.2. The summed E-state index contributed by atoms with van der Waals surface area (Å²) in [6.07, 6.45) is 2.52. The molecule has 1 amide bonds. The molecule has 1 aromatic heterocycles. The first-order chi connectivity index (χ1) is 14.1. The van der Waals surface area contributed by atoms with E-state index in [9.17, 15) is 4.79 Å². The van der Waals surface area contributed by atoms with Gasteiger partial charge in [-0.25, -0.2) is 9.97 Å². The topological polar surface area (TPSA) is 61.4 Å². The second-order valence-electron chi connectivity index (χ2n) is 7.25. The molecule has 1 aliphatic heterocycles. The smallest absolute Gasteiger partial charge is 0.276 e. The number of aromatic nitrogens is 2. The molecule has 0 spiro atoms. The van der Waals surface area contributed by atoms with Gasteiger partial charge in [-0.05, 0) is 56.2 Å². The van der Waals surface area contributed by atoms with Crippen LogP contribution in [0, 0.1) is 6.92 Å². The van der Waals surface area contributed by atoms with Crippen molar-refractivity contribution in [2.45, 2.75) is 19.8 Å². The van der Waals surface area contributed by atoms with Crippen LogP contribution in [0.25, 0.3) is 0 Å². The lowest BCUT2D eigenvalue weighted by molar-refractivity contribution is 0.0988. The average Bonchev–Trinajstić information content (AvgIpc) is 3.28. The summed E-state index contributed by atoms with van der Waals surface area (Å²) in [4.78, 5) is 25.7. The van der Waals surface area contributed by atoms with Gasteiger partial charge in [0.1, 0.15) is 17.3 Å². The van der Waals surface area contributed by atoms with Gasteiger partial charge in [0.15, 0.2) is 0 Å². The Labute approximate surface area is 171 Å². The van der Waals surface area contributed by atoms with Gasteiger partial charge in [0, 0.05) is 43.3 Å². The fraction of sp³-hybridized carbons (Fsp3) is 0.261. The lowest BCUT2D eigenvalue weighted by Gasteiger charge is -2.18. The molecule has 6 heteroatoms. The molecule has 1 saturated heterocycles. The minimum absolute atomic E-state index is 0.172. The minimum Gasteiger partial charge on any atom is -0.372 e. The number of anilines is 4. The van der Waals surface area contributed by atoms with Crippen LogP contribution in [-0.2, 0) is 0 Å². The summed E-state index contributed by atoms with van der Waals surface area (Å²) in [5.74, 6) is 0.985. The summed E-state index contributed by atoms with van der Waals surface area (Å²) in [7, 11) is 1.75. The van der Waals surface area contributed by atoms with Crippen molar-refractivity contribution in [2.75, 3.05) is 35.3 Å². The van der Waals surface area contributed by atoms with Crippen molar-refractivity contribution in [1.29, 1.82) is 0 Å². The number of nitrogens with one attached hydrogen (secondary N) is 1. The number of nitrogens with zero attached hydrogens (tertiary/aromatic N) is 4. The Kier molecular flexibility index (Phi) is 5.42. The number of benzene rings is 2. The third-order valence-electron chi connectivity index (χ3n) is 5.12. The van der Waals surface area contributed by atoms with Crippen LogP contribution in [0.5, 0.6) is 0 Å². The van der Waals surface area contributed by atoms with Crippen LogP contribution in [-0.4, -0.2) is 36.0 Å². The van der Waals surface area contributed by atoms with E-state index in [1.165, 1.54) is 18.5 Å². The van der Waals surface area contributed by atoms with Gasteiger partial charge in [0.2, 0.25) is 0 Å². The van der Waals surface area contributed by atoms with Crippen molar-refractivity contribution in [3.8, 4) is 0 Å². The Bertz CT molecular complexity index is 982. The third kappa shape index (κ3) is 4.37. The van der Waals surface area contributed by atoms with Crippen molar-refractivity contribution < 1.29 is 4.79 Å². The number of carbonyl (C=O) groups is 1. The minimum atomic E-state index is -0.172. The highest BCUT2D eigenvalue weighted by Gasteiger charge is 2.17. The molecular formula is C23H25N5O. The molecule has 1 fully saturated rings. The molecule has 0 atom stereocenters. The van der Waals surface area contributed by atoms with Crippen molar-refractivity contribution in [1.82, 2.24) is 9.97 Å². The standard InChI is InChI=1S/C23H25N5O/c1-17-24-21(23(29)27(2)19-8-4-3-5-9-19)16-22(25-17)26-18-10-12-20(13-11-18)28-14-6-7-15-28/h3-5,8-13,16H,6-7,14-15H2,1-2H3,(H,24,25,26). The first kappa shape index (κ1) is 18.9. The highest BCUT2D eigenvalue weighted by atomic mass is 16.2. The predicted octanol–water partition coefficient (Wildman–Crippen LogP) is 4.41. The van der Waals surface area contributed by atoms with E-state index in [4.69, 9.17) is 0 Å². The molecule has 4 rings (SSSR count). The number of amides is 1. The maximum absolute atomic E-state index is 12.9. The van der Waals surface area contributed by atoms with Gasteiger partial charge in [0.05, 0.1) is 0 Å². The zero-order valence-electron chi connectivity index (χ0n) is 16.8. The van der Waals surface area contributed by atoms with Gasteiger partial charge >= 0.3 is 0 Å². The largest absolute Gasteiger partial charge is 0.372 e. The molecule has 2 aromatic carbocycles. The molecule has 0 aliphatic carbocycles. The molecule has 6 nitrogen and oxygen atoms in total. The molecule has 0 saturated carbocycles. The van der Waals surface area contributed by atoms with E-state index in [2.05, 4.69) is 32.3 Å². The van der Waals surface area contributed by atoms with Crippen LogP contribution in [0.15, 0.2) is 60.7 Å². The SMILES string of the molecule is Cc1nc(Nc2ccc(N3CCCC3)cc2)cc(C(=O)N(C)c2ccccc2)n1. The predicted molar refractivity (Wildman–Crippen MR) is 117 cm³/mol. The normalized spacial score (nSPS) is 13.4. The van der Waals surface area contributed by atoms with Gasteiger partial charge in [-0.1, -0.05) is 18.2 Å². The molecule has 2 heterocycles. The quantitative estimate of drug-likeness (QED) is 0.703. The third-order valence-corrected chi connectivity index (χ3v) is 5.12. The maximum atomic E-state index is 12.9. The Morgan fingerprint density at radius 1 is 1.00 bits per heavy atom. The lowest BCUT2D eigenvalue weighted by Crippen LogP contribution is -2.27. The fourth-order valence-electron chi connectivity index (χ4n) is 3.56. The number of carbonyl (C=O) groups excluding carboxylic acids is 1. The average molecular weight is 387 g/mol. The van der Waals surface area contributed by atoms with Gasteiger partial charge in [-0.15, -0.1) is 0 Å². The second kappa shape index (κ2) is 8.31. The number of rotatable bonds is 5. The molecule has 1 aliphatic rings. The highest BCUT2D eigenvalue weighted by molar-refractivity contribution is 6.04. The van der Waals surface area contributed by atoms with Crippen LogP contribution in [0.3, 0.4) is 0 Å². The maximum Gasteiger partial charge on any atom is 0.276 e. The van der Waals surface area contributed by atoms with E-state index < -0.39 is 0 Å². The van der Waals surface area contributed by atoms with Crippen molar-refractivity contribution in [2.24, 2.45) is 0 Å². The van der Waals surface area contributed by atoms with E-state index in [0.29, 0.717) is 17.3 Å².